The van der Waals surface area contributed by atoms with Crippen molar-refractivity contribution in [1.82, 2.24) is 15.1 Å². The zero-order valence-corrected chi connectivity index (χ0v) is 12.3. The molecule has 0 aliphatic carbocycles. The lowest BCUT2D eigenvalue weighted by Crippen LogP contribution is -2.27. The van der Waals surface area contributed by atoms with E-state index in [0.29, 0.717) is 5.41 Å². The summed E-state index contributed by atoms with van der Waals surface area (Å²) >= 11 is 0. The molecule has 3 nitrogen and oxygen atoms in total. The van der Waals surface area contributed by atoms with Crippen LogP contribution in [0.5, 0.6) is 0 Å². The van der Waals surface area contributed by atoms with Crippen LogP contribution in [0.3, 0.4) is 0 Å². The lowest BCUT2D eigenvalue weighted by molar-refractivity contribution is 0.378. The van der Waals surface area contributed by atoms with Gasteiger partial charge >= 0.3 is 0 Å². The summed E-state index contributed by atoms with van der Waals surface area (Å²) in [5, 5.41) is 7.66. The predicted molar refractivity (Wildman–Crippen MR) is 75.7 cm³/mol. The molecule has 0 unspecified atom stereocenters. The van der Waals surface area contributed by atoms with E-state index in [-0.39, 0.29) is 12.4 Å². The van der Waals surface area contributed by atoms with E-state index >= 15 is 0 Å². The summed E-state index contributed by atoms with van der Waals surface area (Å²) in [6.07, 6.45) is 7.68. The molecular formula is C13H26ClN3. The molecule has 0 aliphatic heterocycles. The number of unbranched alkanes of at least 4 members (excludes halogenated alkanes) is 1. The molecule has 0 spiro atoms. The number of aromatic nitrogens is 2. The molecule has 0 atom stereocenters. The number of nitrogens with one attached hydrogen (secondary N) is 1. The molecule has 1 rings (SSSR count). The zero-order valence-electron chi connectivity index (χ0n) is 11.5. The van der Waals surface area contributed by atoms with Crippen molar-refractivity contribution in [3.05, 3.63) is 18.0 Å². The Kier molecular flexibility index (Phi) is 7.48. The summed E-state index contributed by atoms with van der Waals surface area (Å²) < 4.78 is 1.87. The van der Waals surface area contributed by atoms with E-state index < -0.39 is 0 Å². The highest BCUT2D eigenvalue weighted by atomic mass is 35.5. The third-order valence-electron chi connectivity index (χ3n) is 2.48. The Balaban J connectivity index is 0.00000256. The molecule has 0 saturated heterocycles. The third kappa shape index (κ3) is 8.22. The van der Waals surface area contributed by atoms with Crippen LogP contribution < -0.4 is 5.32 Å². The molecule has 0 radical (unpaired) electrons. The average Bonchev–Trinajstić information content (AvgIpc) is 2.56. The second-order valence-electron chi connectivity index (χ2n) is 5.72. The van der Waals surface area contributed by atoms with Gasteiger partial charge in [-0.1, -0.05) is 20.8 Å². The van der Waals surface area contributed by atoms with E-state index in [9.17, 15) is 0 Å². The van der Waals surface area contributed by atoms with Crippen LogP contribution in [0.2, 0.25) is 0 Å². The van der Waals surface area contributed by atoms with Gasteiger partial charge in [0.05, 0.1) is 6.20 Å². The molecule has 0 aromatic carbocycles. The Morgan fingerprint density at radius 1 is 1.29 bits per heavy atom. The van der Waals surface area contributed by atoms with Crippen LogP contribution in [0.15, 0.2) is 12.4 Å². The van der Waals surface area contributed by atoms with Gasteiger partial charge in [0.15, 0.2) is 0 Å². The number of halogens is 1. The minimum atomic E-state index is 0. The molecule has 0 bridgehead atoms. The second kappa shape index (κ2) is 7.72. The maximum absolute atomic E-state index is 4.17. The van der Waals surface area contributed by atoms with E-state index in [0.717, 1.165) is 19.5 Å². The maximum Gasteiger partial charge on any atom is 0.0521 e. The largest absolute Gasteiger partial charge is 0.316 e. The molecule has 0 amide bonds. The van der Waals surface area contributed by atoms with Crippen LogP contribution in [0.25, 0.3) is 0 Å². The van der Waals surface area contributed by atoms with Gasteiger partial charge in [0.1, 0.15) is 0 Å². The van der Waals surface area contributed by atoms with Gasteiger partial charge < -0.3 is 5.32 Å². The van der Waals surface area contributed by atoms with Crippen LogP contribution in [-0.2, 0) is 13.5 Å². The van der Waals surface area contributed by atoms with Gasteiger partial charge in [0.2, 0.25) is 0 Å². The minimum absolute atomic E-state index is 0. The van der Waals surface area contributed by atoms with Crippen LogP contribution in [0.1, 0.15) is 39.2 Å². The van der Waals surface area contributed by atoms with Crippen LogP contribution in [0.4, 0.5) is 0 Å². The third-order valence-corrected chi connectivity index (χ3v) is 2.48. The average molecular weight is 260 g/mol. The van der Waals surface area contributed by atoms with Gasteiger partial charge in [0, 0.05) is 13.2 Å². The van der Waals surface area contributed by atoms with Crippen LogP contribution in [0, 0.1) is 5.41 Å². The molecule has 1 N–H and O–H groups in total. The Bertz CT molecular complexity index is 302. The van der Waals surface area contributed by atoms with Crippen LogP contribution >= 0.6 is 12.4 Å². The maximum atomic E-state index is 4.17. The van der Waals surface area contributed by atoms with E-state index in [1.54, 1.807) is 0 Å². The molecule has 0 fully saturated rings. The van der Waals surface area contributed by atoms with Gasteiger partial charge in [-0.15, -0.1) is 12.4 Å². The van der Waals surface area contributed by atoms with Crippen molar-refractivity contribution in [3.8, 4) is 0 Å². The van der Waals surface area contributed by atoms with Gasteiger partial charge in [-0.2, -0.15) is 5.10 Å². The van der Waals surface area contributed by atoms with E-state index in [2.05, 4.69) is 37.4 Å². The van der Waals surface area contributed by atoms with Gasteiger partial charge in [-0.3, -0.25) is 4.68 Å². The Hall–Kier alpha value is -0.540. The minimum Gasteiger partial charge on any atom is -0.316 e. The molecule has 0 saturated carbocycles. The molecule has 1 heterocycles. The normalized spacial score (nSPS) is 11.3. The van der Waals surface area contributed by atoms with Gasteiger partial charge in [-0.25, -0.2) is 0 Å². The first-order chi connectivity index (χ1) is 7.47. The molecule has 1 aromatic rings. The summed E-state index contributed by atoms with van der Waals surface area (Å²) in [5.41, 5.74) is 1.74. The highest BCUT2D eigenvalue weighted by Gasteiger charge is 2.08. The molecule has 1 aromatic heterocycles. The van der Waals surface area contributed by atoms with E-state index in [4.69, 9.17) is 0 Å². The first kappa shape index (κ1) is 16.5. The van der Waals surface area contributed by atoms with Crippen molar-refractivity contribution in [2.24, 2.45) is 12.5 Å². The Morgan fingerprint density at radius 3 is 2.53 bits per heavy atom. The summed E-state index contributed by atoms with van der Waals surface area (Å²) in [7, 11) is 1.97. The molecule has 100 valence electrons. The number of hydrogen-bond donors (Lipinski definition) is 1. The first-order valence-electron chi connectivity index (χ1n) is 6.16. The predicted octanol–water partition coefficient (Wildman–Crippen LogP) is 2.80. The van der Waals surface area contributed by atoms with E-state index in [1.807, 2.05) is 17.9 Å². The lowest BCUT2D eigenvalue weighted by atomic mass is 9.97. The second-order valence-corrected chi connectivity index (χ2v) is 5.72. The number of aryl methyl sites for hydroxylation is 2. The zero-order chi connectivity index (χ0) is 12.0. The highest BCUT2D eigenvalue weighted by Crippen LogP contribution is 2.10. The van der Waals surface area contributed by atoms with Crippen molar-refractivity contribution < 1.29 is 0 Å². The SMILES string of the molecule is Cl.Cn1cc(CCCCNCC(C)(C)C)cn1. The summed E-state index contributed by atoms with van der Waals surface area (Å²) in [5.74, 6) is 0. The highest BCUT2D eigenvalue weighted by molar-refractivity contribution is 5.85. The van der Waals surface area contributed by atoms with E-state index in [1.165, 1.54) is 18.4 Å². The number of rotatable bonds is 6. The van der Waals surface area contributed by atoms with Crippen molar-refractivity contribution in [2.75, 3.05) is 13.1 Å². The Labute approximate surface area is 111 Å². The fourth-order valence-corrected chi connectivity index (χ4v) is 1.64. The summed E-state index contributed by atoms with van der Waals surface area (Å²) in [6.45, 7) is 9.00. The standard InChI is InChI=1S/C13H25N3.ClH/c1-13(2,3)11-14-8-6-5-7-12-9-15-16(4)10-12;/h9-10,14H,5-8,11H2,1-4H3;1H. The van der Waals surface area contributed by atoms with Crippen molar-refractivity contribution in [2.45, 2.75) is 40.0 Å². The molecule has 17 heavy (non-hydrogen) atoms. The quantitative estimate of drug-likeness (QED) is 0.797. The lowest BCUT2D eigenvalue weighted by Gasteiger charge is -2.18. The van der Waals surface area contributed by atoms with Crippen molar-refractivity contribution in [1.29, 1.82) is 0 Å². The van der Waals surface area contributed by atoms with Crippen molar-refractivity contribution >= 4 is 12.4 Å². The summed E-state index contributed by atoms with van der Waals surface area (Å²) in [6, 6.07) is 0. The van der Waals surface area contributed by atoms with Gasteiger partial charge in [0.25, 0.3) is 0 Å². The Morgan fingerprint density at radius 2 is 2.00 bits per heavy atom. The molecule has 0 aliphatic rings. The topological polar surface area (TPSA) is 29.9 Å². The van der Waals surface area contributed by atoms with Crippen LogP contribution in [-0.4, -0.2) is 22.9 Å². The van der Waals surface area contributed by atoms with Gasteiger partial charge in [-0.05, 0) is 43.3 Å². The van der Waals surface area contributed by atoms with Crippen molar-refractivity contribution in [3.63, 3.8) is 0 Å². The molecular weight excluding hydrogens is 234 g/mol. The number of hydrogen-bond acceptors (Lipinski definition) is 2. The molecule has 4 heteroatoms. The fraction of sp³-hybridized carbons (Fsp3) is 0.769. The smallest absolute Gasteiger partial charge is 0.0521 e. The summed E-state index contributed by atoms with van der Waals surface area (Å²) in [4.78, 5) is 0. The monoisotopic (exact) mass is 259 g/mol. The first-order valence-corrected chi connectivity index (χ1v) is 6.16. The number of nitrogens with zero attached hydrogens (tertiary/aromatic N) is 2. The fourth-order valence-electron chi connectivity index (χ4n) is 1.64.